The minimum atomic E-state index is -0.799. The van der Waals surface area contributed by atoms with Gasteiger partial charge in [0, 0.05) is 19.6 Å². The molecule has 0 aliphatic carbocycles. The average Bonchev–Trinajstić information content (AvgIpc) is 2.75. The number of unbranched alkanes of at least 4 members (excludes halogenated alkanes) is 14. The second kappa shape index (κ2) is 23.0. The maximum absolute atomic E-state index is 12.6. The summed E-state index contributed by atoms with van der Waals surface area (Å²) in [5.41, 5.74) is 0. The lowest BCUT2D eigenvalue weighted by Gasteiger charge is -2.23. The van der Waals surface area contributed by atoms with Crippen molar-refractivity contribution in [2.24, 2.45) is 0 Å². The van der Waals surface area contributed by atoms with E-state index in [4.69, 9.17) is 5.11 Å². The van der Waals surface area contributed by atoms with E-state index in [-0.39, 0.29) is 25.6 Å². The standard InChI is InChI=1S/C25H52N2O3/c1-3-5-7-9-11-13-15-17-19-27(25(30)22-26-21-24(29)23-28)20-18-16-14-12-10-8-6-4-2/h24,26,28-29H,3-23H2,1-2H3. The van der Waals surface area contributed by atoms with Gasteiger partial charge in [-0.15, -0.1) is 0 Å². The van der Waals surface area contributed by atoms with Crippen LogP contribution in [0.15, 0.2) is 0 Å². The zero-order valence-electron chi connectivity index (χ0n) is 20.2. The Morgan fingerprint density at radius 3 is 1.53 bits per heavy atom. The monoisotopic (exact) mass is 428 g/mol. The lowest BCUT2D eigenvalue weighted by atomic mass is 10.1. The van der Waals surface area contributed by atoms with E-state index in [1.165, 1.54) is 89.9 Å². The Hall–Kier alpha value is -0.650. The SMILES string of the molecule is CCCCCCCCCCN(CCCCCCCCCC)C(=O)CNCC(O)CO. The molecule has 0 radical (unpaired) electrons. The molecule has 30 heavy (non-hydrogen) atoms. The number of hydrogen-bond donors (Lipinski definition) is 3. The molecular formula is C25H52N2O3. The van der Waals surface area contributed by atoms with Gasteiger partial charge in [0.1, 0.15) is 0 Å². The van der Waals surface area contributed by atoms with Crippen LogP contribution >= 0.6 is 0 Å². The van der Waals surface area contributed by atoms with Crippen LogP contribution in [0.1, 0.15) is 117 Å². The molecule has 0 aliphatic rings. The van der Waals surface area contributed by atoms with E-state index in [0.717, 1.165) is 25.9 Å². The van der Waals surface area contributed by atoms with Crippen molar-refractivity contribution in [1.29, 1.82) is 0 Å². The number of carbonyl (C=O) groups is 1. The average molecular weight is 429 g/mol. The van der Waals surface area contributed by atoms with Gasteiger partial charge >= 0.3 is 0 Å². The number of carbonyl (C=O) groups excluding carboxylic acids is 1. The number of nitrogens with zero attached hydrogens (tertiary/aromatic N) is 1. The predicted molar refractivity (Wildman–Crippen MR) is 128 cm³/mol. The first-order valence-electron chi connectivity index (χ1n) is 12.9. The highest BCUT2D eigenvalue weighted by atomic mass is 16.3. The molecule has 1 atom stereocenters. The summed E-state index contributed by atoms with van der Waals surface area (Å²) in [6.07, 6.45) is 19.6. The van der Waals surface area contributed by atoms with Crippen molar-refractivity contribution in [3.63, 3.8) is 0 Å². The Balaban J connectivity index is 4.07. The Kier molecular flexibility index (Phi) is 22.5. The van der Waals surface area contributed by atoms with Crippen LogP contribution in [0.25, 0.3) is 0 Å². The van der Waals surface area contributed by atoms with Crippen molar-refractivity contribution in [2.75, 3.05) is 32.8 Å². The molecule has 3 N–H and O–H groups in total. The maximum atomic E-state index is 12.6. The van der Waals surface area contributed by atoms with Crippen LogP contribution < -0.4 is 5.32 Å². The van der Waals surface area contributed by atoms with Crippen molar-refractivity contribution in [2.45, 2.75) is 123 Å². The smallest absolute Gasteiger partial charge is 0.236 e. The molecule has 0 heterocycles. The minimum absolute atomic E-state index is 0.117. The van der Waals surface area contributed by atoms with Crippen molar-refractivity contribution in [3.8, 4) is 0 Å². The summed E-state index contributed by atoms with van der Waals surface area (Å²) in [6.45, 7) is 6.40. The fourth-order valence-electron chi connectivity index (χ4n) is 3.76. The molecule has 0 bridgehead atoms. The first-order chi connectivity index (χ1) is 14.7. The summed E-state index contributed by atoms with van der Waals surface area (Å²) in [6, 6.07) is 0. The predicted octanol–water partition coefficient (Wildman–Crippen LogP) is 5.04. The third-order valence-electron chi connectivity index (χ3n) is 5.78. The van der Waals surface area contributed by atoms with Crippen LogP contribution in [0.2, 0.25) is 0 Å². The molecule has 0 rings (SSSR count). The minimum Gasteiger partial charge on any atom is -0.394 e. The molecule has 0 spiro atoms. The molecule has 0 aromatic rings. The maximum Gasteiger partial charge on any atom is 0.236 e. The van der Waals surface area contributed by atoms with E-state index < -0.39 is 6.10 Å². The summed E-state index contributed by atoms with van der Waals surface area (Å²) in [5, 5.41) is 21.3. The van der Waals surface area contributed by atoms with Crippen LogP contribution in [0.3, 0.4) is 0 Å². The molecule has 0 aromatic carbocycles. The highest BCUT2D eigenvalue weighted by Crippen LogP contribution is 2.11. The molecule has 1 unspecified atom stereocenters. The highest BCUT2D eigenvalue weighted by molar-refractivity contribution is 5.78. The van der Waals surface area contributed by atoms with E-state index in [9.17, 15) is 9.90 Å². The molecule has 0 aromatic heterocycles. The molecular weight excluding hydrogens is 376 g/mol. The zero-order valence-corrected chi connectivity index (χ0v) is 20.2. The molecule has 0 saturated carbocycles. The van der Waals surface area contributed by atoms with E-state index in [1.807, 2.05) is 4.90 Å². The Morgan fingerprint density at radius 2 is 1.13 bits per heavy atom. The lowest BCUT2D eigenvalue weighted by Crippen LogP contribution is -2.41. The highest BCUT2D eigenvalue weighted by Gasteiger charge is 2.13. The van der Waals surface area contributed by atoms with E-state index in [1.54, 1.807) is 0 Å². The van der Waals surface area contributed by atoms with E-state index >= 15 is 0 Å². The lowest BCUT2D eigenvalue weighted by molar-refractivity contribution is -0.130. The molecule has 1 amide bonds. The van der Waals surface area contributed by atoms with Gasteiger partial charge < -0.3 is 20.4 Å². The van der Waals surface area contributed by atoms with Crippen molar-refractivity contribution < 1.29 is 15.0 Å². The van der Waals surface area contributed by atoms with Gasteiger partial charge in [-0.25, -0.2) is 0 Å². The molecule has 0 fully saturated rings. The number of hydrogen-bond acceptors (Lipinski definition) is 4. The number of amides is 1. The van der Waals surface area contributed by atoms with Gasteiger partial charge in [-0.3, -0.25) is 4.79 Å². The van der Waals surface area contributed by atoms with Crippen LogP contribution in [-0.2, 0) is 4.79 Å². The quantitative estimate of drug-likeness (QED) is 0.199. The number of rotatable bonds is 23. The van der Waals surface area contributed by atoms with Crippen molar-refractivity contribution in [1.82, 2.24) is 10.2 Å². The molecule has 0 aliphatic heterocycles. The van der Waals surface area contributed by atoms with Crippen LogP contribution in [0.5, 0.6) is 0 Å². The normalized spacial score (nSPS) is 12.3. The summed E-state index contributed by atoms with van der Waals surface area (Å²) >= 11 is 0. The molecule has 5 nitrogen and oxygen atoms in total. The van der Waals surface area contributed by atoms with Gasteiger partial charge in [-0.05, 0) is 12.8 Å². The van der Waals surface area contributed by atoms with Crippen LogP contribution in [-0.4, -0.2) is 59.9 Å². The molecule has 5 heteroatoms. The first-order valence-corrected chi connectivity index (χ1v) is 12.9. The van der Waals surface area contributed by atoms with Gasteiger partial charge in [0.05, 0.1) is 19.3 Å². The third kappa shape index (κ3) is 19.3. The Morgan fingerprint density at radius 1 is 0.733 bits per heavy atom. The largest absolute Gasteiger partial charge is 0.394 e. The van der Waals surface area contributed by atoms with Crippen molar-refractivity contribution in [3.05, 3.63) is 0 Å². The number of aliphatic hydroxyl groups is 2. The van der Waals surface area contributed by atoms with E-state index in [0.29, 0.717) is 0 Å². The Labute approximate surface area is 187 Å². The number of aliphatic hydroxyl groups excluding tert-OH is 2. The number of nitrogens with one attached hydrogen (secondary N) is 1. The van der Waals surface area contributed by atoms with Gasteiger partial charge in [0.15, 0.2) is 0 Å². The van der Waals surface area contributed by atoms with Gasteiger partial charge in [0.2, 0.25) is 5.91 Å². The third-order valence-corrected chi connectivity index (χ3v) is 5.78. The fraction of sp³-hybridized carbons (Fsp3) is 0.960. The topological polar surface area (TPSA) is 72.8 Å². The summed E-state index contributed by atoms with van der Waals surface area (Å²) in [7, 11) is 0. The fourth-order valence-corrected chi connectivity index (χ4v) is 3.76. The second-order valence-corrected chi connectivity index (χ2v) is 8.80. The van der Waals surface area contributed by atoms with Gasteiger partial charge in [-0.2, -0.15) is 0 Å². The molecule has 180 valence electrons. The van der Waals surface area contributed by atoms with Crippen molar-refractivity contribution >= 4 is 5.91 Å². The van der Waals surface area contributed by atoms with E-state index in [2.05, 4.69) is 19.2 Å². The van der Waals surface area contributed by atoms with Gasteiger partial charge in [-0.1, -0.05) is 104 Å². The Bertz CT molecular complexity index is 346. The van der Waals surface area contributed by atoms with Crippen LogP contribution in [0.4, 0.5) is 0 Å². The first kappa shape index (κ1) is 29.4. The summed E-state index contributed by atoms with van der Waals surface area (Å²) in [5.74, 6) is 0.117. The summed E-state index contributed by atoms with van der Waals surface area (Å²) < 4.78 is 0. The van der Waals surface area contributed by atoms with Crippen LogP contribution in [0, 0.1) is 0 Å². The van der Waals surface area contributed by atoms with Gasteiger partial charge in [0.25, 0.3) is 0 Å². The zero-order chi connectivity index (χ0) is 22.3. The summed E-state index contributed by atoms with van der Waals surface area (Å²) in [4.78, 5) is 14.6. The second-order valence-electron chi connectivity index (χ2n) is 8.80. The molecule has 0 saturated heterocycles.